The lowest BCUT2D eigenvalue weighted by Gasteiger charge is -2.08. The van der Waals surface area contributed by atoms with Crippen molar-refractivity contribution in [1.29, 1.82) is 0 Å². The maximum atomic E-state index is 4.42. The number of nitrogens with zero attached hydrogens (tertiary/aromatic N) is 3. The van der Waals surface area contributed by atoms with Crippen molar-refractivity contribution in [3.8, 4) is 11.1 Å². The number of nitrogens with one attached hydrogen (secondary N) is 2. The third kappa shape index (κ3) is 2.65. The van der Waals surface area contributed by atoms with Gasteiger partial charge in [0.2, 0.25) is 0 Å². The first kappa shape index (κ1) is 14.8. The second-order valence-corrected chi connectivity index (χ2v) is 6.78. The first-order chi connectivity index (χ1) is 11.7. The summed E-state index contributed by atoms with van der Waals surface area (Å²) in [7, 11) is 0. The van der Waals surface area contributed by atoms with E-state index in [1.54, 1.807) is 23.9 Å². The average molecular weight is 335 g/mol. The highest BCUT2D eigenvalue weighted by Crippen LogP contribution is 2.37. The Morgan fingerprint density at radius 3 is 2.62 bits per heavy atom. The summed E-state index contributed by atoms with van der Waals surface area (Å²) in [4.78, 5) is 9.79. The molecular weight excluding hydrogens is 318 g/mol. The predicted octanol–water partition coefficient (Wildman–Crippen LogP) is 4.95. The summed E-state index contributed by atoms with van der Waals surface area (Å²) < 4.78 is 0. The quantitative estimate of drug-likeness (QED) is 0.554. The monoisotopic (exact) mass is 335 g/mol. The molecule has 5 nitrogen and oxygen atoms in total. The second-order valence-electron chi connectivity index (χ2n) is 5.92. The van der Waals surface area contributed by atoms with Gasteiger partial charge in [-0.3, -0.25) is 5.10 Å². The van der Waals surface area contributed by atoms with Crippen molar-refractivity contribution < 1.29 is 0 Å². The summed E-state index contributed by atoms with van der Waals surface area (Å²) in [5, 5.41) is 13.3. The number of benzene rings is 1. The molecule has 0 aliphatic rings. The van der Waals surface area contributed by atoms with Gasteiger partial charge in [-0.05, 0) is 17.0 Å². The molecule has 2 N–H and O–H groups in total. The molecule has 0 saturated carbocycles. The van der Waals surface area contributed by atoms with Crippen molar-refractivity contribution in [3.05, 3.63) is 53.8 Å². The van der Waals surface area contributed by atoms with Gasteiger partial charge in [0.25, 0.3) is 0 Å². The van der Waals surface area contributed by atoms with Crippen LogP contribution < -0.4 is 5.32 Å². The zero-order valence-corrected chi connectivity index (χ0v) is 14.3. The number of fused-ring (bicyclic) bond motifs is 1. The number of aromatic nitrogens is 4. The Morgan fingerprint density at radius 1 is 1.08 bits per heavy atom. The lowest BCUT2D eigenvalue weighted by atomic mass is 9.99. The predicted molar refractivity (Wildman–Crippen MR) is 98.8 cm³/mol. The molecule has 0 spiro atoms. The zero-order valence-electron chi connectivity index (χ0n) is 13.4. The maximum absolute atomic E-state index is 4.42. The van der Waals surface area contributed by atoms with Crippen LogP contribution in [0.1, 0.15) is 25.3 Å². The molecule has 0 amide bonds. The van der Waals surface area contributed by atoms with Gasteiger partial charge < -0.3 is 5.32 Å². The summed E-state index contributed by atoms with van der Waals surface area (Å²) in [6.45, 7) is 4.41. The highest BCUT2D eigenvalue weighted by Gasteiger charge is 2.14. The van der Waals surface area contributed by atoms with Gasteiger partial charge in [0.15, 0.2) is 0 Å². The van der Waals surface area contributed by atoms with Gasteiger partial charge in [-0.1, -0.05) is 38.1 Å². The molecule has 24 heavy (non-hydrogen) atoms. The summed E-state index contributed by atoms with van der Waals surface area (Å²) in [5.74, 6) is 2.12. The highest BCUT2D eigenvalue weighted by molar-refractivity contribution is 7.17. The minimum absolute atomic E-state index is 0.527. The molecule has 3 heterocycles. The molecule has 4 aromatic rings. The van der Waals surface area contributed by atoms with E-state index in [9.17, 15) is 0 Å². The fourth-order valence-electron chi connectivity index (χ4n) is 2.68. The molecule has 0 bridgehead atoms. The molecule has 1 aromatic carbocycles. The Labute approximate surface area is 143 Å². The lowest BCUT2D eigenvalue weighted by Crippen LogP contribution is -1.96. The van der Waals surface area contributed by atoms with E-state index >= 15 is 0 Å². The second kappa shape index (κ2) is 6.05. The van der Waals surface area contributed by atoms with Gasteiger partial charge in [0.1, 0.15) is 22.8 Å². The first-order valence-electron chi connectivity index (χ1n) is 7.81. The van der Waals surface area contributed by atoms with Crippen molar-refractivity contribution in [2.45, 2.75) is 19.8 Å². The summed E-state index contributed by atoms with van der Waals surface area (Å²) in [6, 6.07) is 10.6. The smallest absolute Gasteiger partial charge is 0.144 e. The van der Waals surface area contributed by atoms with E-state index in [-0.39, 0.29) is 0 Å². The third-order valence-corrected chi connectivity index (χ3v) is 4.90. The lowest BCUT2D eigenvalue weighted by molar-refractivity contribution is 0.867. The summed E-state index contributed by atoms with van der Waals surface area (Å²) >= 11 is 1.63. The number of H-pyrrole nitrogens is 1. The van der Waals surface area contributed by atoms with Gasteiger partial charge in [-0.25, -0.2) is 9.97 Å². The maximum Gasteiger partial charge on any atom is 0.144 e. The fraction of sp³-hybridized carbons (Fsp3) is 0.167. The molecule has 0 radical (unpaired) electrons. The number of thiophene rings is 1. The molecule has 120 valence electrons. The Bertz CT molecular complexity index is 955. The van der Waals surface area contributed by atoms with Crippen molar-refractivity contribution >= 4 is 33.2 Å². The summed E-state index contributed by atoms with van der Waals surface area (Å²) in [5.41, 5.74) is 3.66. The largest absolute Gasteiger partial charge is 0.325 e. The van der Waals surface area contributed by atoms with Gasteiger partial charge in [-0.2, -0.15) is 5.10 Å². The van der Waals surface area contributed by atoms with Crippen molar-refractivity contribution in [2.75, 3.05) is 5.32 Å². The molecule has 0 saturated heterocycles. The molecule has 3 aromatic heterocycles. The van der Waals surface area contributed by atoms with E-state index in [1.165, 1.54) is 11.1 Å². The molecule has 4 rings (SSSR count). The third-order valence-electron chi connectivity index (χ3n) is 4.01. The minimum Gasteiger partial charge on any atom is -0.325 e. The highest BCUT2D eigenvalue weighted by atomic mass is 32.1. The van der Waals surface area contributed by atoms with E-state index in [1.807, 2.05) is 6.07 Å². The van der Waals surface area contributed by atoms with E-state index in [0.717, 1.165) is 27.4 Å². The van der Waals surface area contributed by atoms with Crippen molar-refractivity contribution in [3.63, 3.8) is 0 Å². The van der Waals surface area contributed by atoms with Gasteiger partial charge in [0, 0.05) is 17.0 Å². The first-order valence-corrected chi connectivity index (χ1v) is 8.69. The van der Waals surface area contributed by atoms with Crippen molar-refractivity contribution in [1.82, 2.24) is 20.2 Å². The number of aromatic amines is 1. The van der Waals surface area contributed by atoms with Crippen LogP contribution >= 0.6 is 11.3 Å². The Balaban J connectivity index is 1.81. The SMILES string of the molecule is CC(C)c1ccc(-c2csc3ncnc(Nc4ccn[nH]4)c23)cc1. The van der Waals surface area contributed by atoms with E-state index in [4.69, 9.17) is 0 Å². The van der Waals surface area contributed by atoms with Crippen LogP contribution in [-0.4, -0.2) is 20.2 Å². The standard InChI is InChI=1S/C18H17N5S/c1-11(2)12-3-5-13(6-4-12)14-9-24-18-16(14)17(19-10-20-18)22-15-7-8-21-23-15/h3-11H,1-2H3,(H2,19,20,21,22,23). The van der Waals surface area contributed by atoms with Crippen LogP contribution in [0.2, 0.25) is 0 Å². The average Bonchev–Trinajstić information content (AvgIpc) is 3.25. The fourth-order valence-corrected chi connectivity index (χ4v) is 3.60. The number of anilines is 2. The number of hydrogen-bond donors (Lipinski definition) is 2. The van der Waals surface area contributed by atoms with Crippen LogP contribution in [-0.2, 0) is 0 Å². The van der Waals surface area contributed by atoms with Crippen LogP contribution in [0.15, 0.2) is 48.2 Å². The Hall–Kier alpha value is -2.73. The normalized spacial score (nSPS) is 11.3. The van der Waals surface area contributed by atoms with Gasteiger partial charge >= 0.3 is 0 Å². The molecule has 0 aliphatic heterocycles. The van der Waals surface area contributed by atoms with Crippen LogP contribution in [0.3, 0.4) is 0 Å². The van der Waals surface area contributed by atoms with Crippen LogP contribution in [0, 0.1) is 0 Å². The topological polar surface area (TPSA) is 66.5 Å². The molecule has 0 fully saturated rings. The summed E-state index contributed by atoms with van der Waals surface area (Å²) in [6.07, 6.45) is 3.29. The van der Waals surface area contributed by atoms with Crippen LogP contribution in [0.5, 0.6) is 0 Å². The minimum atomic E-state index is 0.527. The van der Waals surface area contributed by atoms with Crippen LogP contribution in [0.4, 0.5) is 11.6 Å². The molecular formula is C18H17N5S. The zero-order chi connectivity index (χ0) is 16.5. The molecule has 0 unspecified atom stereocenters. The van der Waals surface area contributed by atoms with E-state index < -0.39 is 0 Å². The van der Waals surface area contributed by atoms with Crippen molar-refractivity contribution in [2.24, 2.45) is 0 Å². The van der Waals surface area contributed by atoms with Gasteiger partial charge in [0.05, 0.1) is 11.6 Å². The molecule has 0 aliphatic carbocycles. The number of rotatable bonds is 4. The molecule has 0 atom stereocenters. The number of hydrogen-bond acceptors (Lipinski definition) is 5. The Morgan fingerprint density at radius 2 is 1.92 bits per heavy atom. The van der Waals surface area contributed by atoms with E-state index in [0.29, 0.717) is 5.92 Å². The Kier molecular flexibility index (Phi) is 3.74. The molecule has 6 heteroatoms. The van der Waals surface area contributed by atoms with Gasteiger partial charge in [-0.15, -0.1) is 11.3 Å². The van der Waals surface area contributed by atoms with Crippen LogP contribution in [0.25, 0.3) is 21.3 Å². The van der Waals surface area contributed by atoms with E-state index in [2.05, 4.69) is 69.0 Å².